The summed E-state index contributed by atoms with van der Waals surface area (Å²) in [6.45, 7) is 2.20. The van der Waals surface area contributed by atoms with Gasteiger partial charge in [-0.3, -0.25) is 4.79 Å². The zero-order valence-electron chi connectivity index (χ0n) is 13.5. The fourth-order valence-corrected chi connectivity index (χ4v) is 2.32. The van der Waals surface area contributed by atoms with Crippen molar-refractivity contribution >= 4 is 29.1 Å². The van der Waals surface area contributed by atoms with Gasteiger partial charge in [0, 0.05) is 18.4 Å². The summed E-state index contributed by atoms with van der Waals surface area (Å²) in [6, 6.07) is 14.2. The Morgan fingerprint density at radius 1 is 1.04 bits per heavy atom. The van der Waals surface area contributed by atoms with E-state index < -0.39 is 0 Å². The Bertz CT molecular complexity index is 599. The molecule has 0 saturated carbocycles. The maximum absolute atomic E-state index is 11.6. The van der Waals surface area contributed by atoms with E-state index in [1.807, 2.05) is 31.3 Å². The first kappa shape index (κ1) is 19.3. The molecule has 4 nitrogen and oxygen atoms in total. The molecule has 2 rings (SSSR count). The number of ether oxygens (including phenoxy) is 1. The monoisotopic (exact) mass is 336 g/mol. The number of carbonyl (C=O) groups excluding carboxylic acids is 1. The lowest BCUT2D eigenvalue weighted by Gasteiger charge is -2.09. The highest BCUT2D eigenvalue weighted by Crippen LogP contribution is 2.25. The lowest BCUT2D eigenvalue weighted by Crippen LogP contribution is -2.26. The van der Waals surface area contributed by atoms with Crippen LogP contribution in [0.3, 0.4) is 0 Å². The van der Waals surface area contributed by atoms with Gasteiger partial charge in [0.25, 0.3) is 0 Å². The van der Waals surface area contributed by atoms with Gasteiger partial charge in [0.15, 0.2) is 0 Å². The van der Waals surface area contributed by atoms with Crippen molar-refractivity contribution in [3.05, 3.63) is 42.5 Å². The summed E-state index contributed by atoms with van der Waals surface area (Å²) in [6.07, 6.45) is 2.18. The Balaban J connectivity index is 0.00000264. The van der Waals surface area contributed by atoms with Gasteiger partial charge in [-0.2, -0.15) is 0 Å². The van der Waals surface area contributed by atoms with E-state index >= 15 is 0 Å². The second kappa shape index (κ2) is 10.9. The van der Waals surface area contributed by atoms with E-state index in [-0.39, 0.29) is 18.3 Å². The lowest BCUT2D eigenvalue weighted by molar-refractivity contribution is -0.121. The maximum Gasteiger partial charge on any atom is 0.220 e. The van der Waals surface area contributed by atoms with E-state index in [9.17, 15) is 4.79 Å². The number of carbonyl (C=O) groups is 1. The van der Waals surface area contributed by atoms with Gasteiger partial charge in [-0.1, -0.05) is 36.4 Å². The zero-order chi connectivity index (χ0) is 15.6. The normalized spacial score (nSPS) is 10.1. The van der Waals surface area contributed by atoms with Gasteiger partial charge in [0.1, 0.15) is 5.75 Å². The highest BCUT2D eigenvalue weighted by molar-refractivity contribution is 5.88. The number of amides is 1. The molecule has 0 fully saturated rings. The van der Waals surface area contributed by atoms with Gasteiger partial charge in [-0.05, 0) is 37.9 Å². The fourth-order valence-electron chi connectivity index (χ4n) is 2.32. The smallest absolute Gasteiger partial charge is 0.220 e. The van der Waals surface area contributed by atoms with Crippen molar-refractivity contribution in [1.82, 2.24) is 10.6 Å². The van der Waals surface area contributed by atoms with Crippen LogP contribution >= 0.6 is 12.4 Å². The molecule has 23 heavy (non-hydrogen) atoms. The van der Waals surface area contributed by atoms with Crippen LogP contribution in [0.5, 0.6) is 5.75 Å². The van der Waals surface area contributed by atoms with Crippen LogP contribution in [-0.4, -0.2) is 32.7 Å². The largest absolute Gasteiger partial charge is 0.493 e. The fraction of sp³-hybridized carbons (Fsp3) is 0.389. The molecule has 126 valence electrons. The summed E-state index contributed by atoms with van der Waals surface area (Å²) in [5.41, 5.74) is 0. The lowest BCUT2D eigenvalue weighted by atomic mass is 10.1. The van der Waals surface area contributed by atoms with Crippen molar-refractivity contribution in [3.8, 4) is 5.75 Å². The second-order valence-electron chi connectivity index (χ2n) is 5.24. The van der Waals surface area contributed by atoms with Crippen molar-refractivity contribution in [2.24, 2.45) is 0 Å². The Labute approximate surface area is 144 Å². The standard InChI is InChI=1S/C18H24N2O2.ClH/c1-19-12-6-13-20-18(21)11-5-14-22-17-10-4-8-15-7-2-3-9-16(15)17;/h2-4,7-10,19H,5-6,11-14H2,1H3,(H,20,21);1H. The predicted octanol–water partition coefficient (Wildman–Crippen LogP) is 3.15. The molecule has 0 radical (unpaired) electrons. The number of fused-ring (bicyclic) bond motifs is 1. The molecule has 0 bridgehead atoms. The summed E-state index contributed by atoms with van der Waals surface area (Å²) in [7, 11) is 1.91. The summed E-state index contributed by atoms with van der Waals surface area (Å²) in [5, 5.41) is 8.25. The minimum Gasteiger partial charge on any atom is -0.493 e. The van der Waals surface area contributed by atoms with E-state index in [0.29, 0.717) is 13.0 Å². The van der Waals surface area contributed by atoms with Crippen molar-refractivity contribution in [2.45, 2.75) is 19.3 Å². The molecule has 2 aromatic rings. The van der Waals surface area contributed by atoms with Crippen LogP contribution in [0.4, 0.5) is 0 Å². The summed E-state index contributed by atoms with van der Waals surface area (Å²) >= 11 is 0. The first-order chi connectivity index (χ1) is 10.8. The topological polar surface area (TPSA) is 50.4 Å². The molecular weight excluding hydrogens is 312 g/mol. The molecule has 0 atom stereocenters. The van der Waals surface area contributed by atoms with Crippen molar-refractivity contribution in [1.29, 1.82) is 0 Å². The molecule has 0 heterocycles. The van der Waals surface area contributed by atoms with Gasteiger partial charge in [-0.25, -0.2) is 0 Å². The van der Waals surface area contributed by atoms with Crippen molar-refractivity contribution < 1.29 is 9.53 Å². The van der Waals surface area contributed by atoms with Crippen molar-refractivity contribution in [3.63, 3.8) is 0 Å². The minimum absolute atomic E-state index is 0. The van der Waals surface area contributed by atoms with Gasteiger partial charge < -0.3 is 15.4 Å². The molecule has 0 aliphatic rings. The molecule has 2 aromatic carbocycles. The van der Waals surface area contributed by atoms with Gasteiger partial charge in [0.2, 0.25) is 5.91 Å². The summed E-state index contributed by atoms with van der Waals surface area (Å²) in [5.74, 6) is 0.977. The molecule has 2 N–H and O–H groups in total. The summed E-state index contributed by atoms with van der Waals surface area (Å²) < 4.78 is 5.82. The third kappa shape index (κ3) is 6.47. The number of hydrogen-bond acceptors (Lipinski definition) is 3. The molecule has 0 unspecified atom stereocenters. The van der Waals surface area contributed by atoms with E-state index in [0.717, 1.165) is 37.1 Å². The number of rotatable bonds is 9. The van der Waals surface area contributed by atoms with E-state index in [1.165, 1.54) is 5.39 Å². The highest BCUT2D eigenvalue weighted by Gasteiger charge is 2.03. The summed E-state index contributed by atoms with van der Waals surface area (Å²) in [4.78, 5) is 11.6. The van der Waals surface area contributed by atoms with E-state index in [4.69, 9.17) is 4.74 Å². The van der Waals surface area contributed by atoms with Crippen LogP contribution in [-0.2, 0) is 4.79 Å². The Morgan fingerprint density at radius 3 is 2.65 bits per heavy atom. The molecular formula is C18H25ClN2O2. The zero-order valence-corrected chi connectivity index (χ0v) is 14.3. The number of benzene rings is 2. The highest BCUT2D eigenvalue weighted by atomic mass is 35.5. The second-order valence-corrected chi connectivity index (χ2v) is 5.24. The van der Waals surface area contributed by atoms with Crippen LogP contribution in [0.15, 0.2) is 42.5 Å². The predicted molar refractivity (Wildman–Crippen MR) is 97.5 cm³/mol. The average Bonchev–Trinajstić information content (AvgIpc) is 2.56. The van der Waals surface area contributed by atoms with Crippen LogP contribution in [0.1, 0.15) is 19.3 Å². The maximum atomic E-state index is 11.6. The number of nitrogens with one attached hydrogen (secondary N) is 2. The molecule has 1 amide bonds. The molecule has 0 aliphatic heterocycles. The third-order valence-corrected chi connectivity index (χ3v) is 3.48. The van der Waals surface area contributed by atoms with Gasteiger partial charge in [-0.15, -0.1) is 12.4 Å². The first-order valence-electron chi connectivity index (χ1n) is 7.83. The minimum atomic E-state index is 0. The molecule has 5 heteroatoms. The average molecular weight is 337 g/mol. The van der Waals surface area contributed by atoms with E-state index in [2.05, 4.69) is 28.8 Å². The molecule has 0 aromatic heterocycles. The molecule has 0 spiro atoms. The molecule has 0 saturated heterocycles. The van der Waals surface area contributed by atoms with Crippen LogP contribution < -0.4 is 15.4 Å². The third-order valence-electron chi connectivity index (χ3n) is 3.48. The van der Waals surface area contributed by atoms with Gasteiger partial charge >= 0.3 is 0 Å². The van der Waals surface area contributed by atoms with E-state index in [1.54, 1.807) is 0 Å². The van der Waals surface area contributed by atoms with Gasteiger partial charge in [0.05, 0.1) is 6.61 Å². The van der Waals surface area contributed by atoms with Crippen molar-refractivity contribution in [2.75, 3.05) is 26.7 Å². The van der Waals surface area contributed by atoms with Crippen LogP contribution in [0.2, 0.25) is 0 Å². The van der Waals surface area contributed by atoms with Crippen LogP contribution in [0.25, 0.3) is 10.8 Å². The number of halogens is 1. The Morgan fingerprint density at radius 2 is 1.83 bits per heavy atom. The first-order valence-corrected chi connectivity index (χ1v) is 7.83. The molecule has 0 aliphatic carbocycles. The SMILES string of the molecule is CNCCCNC(=O)CCCOc1cccc2ccccc12.Cl. The Hall–Kier alpha value is -1.78. The Kier molecular flexibility index (Phi) is 9.10. The van der Waals surface area contributed by atoms with Crippen LogP contribution in [0, 0.1) is 0 Å². The quantitative estimate of drug-likeness (QED) is 0.692. The number of hydrogen-bond donors (Lipinski definition) is 2.